The second kappa shape index (κ2) is 6.01. The Hall–Kier alpha value is -0.0900. The van der Waals surface area contributed by atoms with Crippen molar-refractivity contribution < 1.29 is 9.53 Å². The zero-order chi connectivity index (χ0) is 11.4. The predicted molar refractivity (Wildman–Crippen MR) is 66.7 cm³/mol. The zero-order valence-electron chi connectivity index (χ0n) is 9.66. The normalized spacial score (nSPS) is 26.2. The predicted octanol–water partition coefficient (Wildman–Crippen LogP) is 2.19. The lowest BCUT2D eigenvalue weighted by Crippen LogP contribution is -2.49. The van der Waals surface area contributed by atoms with Gasteiger partial charge in [0.05, 0.1) is 12.5 Å². The summed E-state index contributed by atoms with van der Waals surface area (Å²) in [5.41, 5.74) is 0. The van der Waals surface area contributed by atoms with Crippen molar-refractivity contribution in [2.45, 2.75) is 38.1 Å². The Kier molecular flexibility index (Phi) is 4.65. The minimum absolute atomic E-state index is 0.119. The standard InChI is InChI=1S/C12H20BrNO2/c13-6-7-14(11-4-1-5-11)12(15)10-3-2-8-16-9-10/h10-11H,1-9H2. The van der Waals surface area contributed by atoms with Gasteiger partial charge < -0.3 is 9.64 Å². The third-order valence-corrected chi connectivity index (χ3v) is 3.99. The molecular weight excluding hydrogens is 270 g/mol. The fraction of sp³-hybridized carbons (Fsp3) is 0.917. The van der Waals surface area contributed by atoms with E-state index in [4.69, 9.17) is 4.74 Å². The molecule has 1 heterocycles. The molecule has 1 atom stereocenters. The van der Waals surface area contributed by atoms with Gasteiger partial charge in [0.25, 0.3) is 0 Å². The van der Waals surface area contributed by atoms with Gasteiger partial charge in [0.1, 0.15) is 0 Å². The van der Waals surface area contributed by atoms with Gasteiger partial charge in [0, 0.05) is 24.5 Å². The van der Waals surface area contributed by atoms with E-state index < -0.39 is 0 Å². The molecule has 0 radical (unpaired) electrons. The molecule has 1 unspecified atom stereocenters. The lowest BCUT2D eigenvalue weighted by molar-refractivity contribution is -0.143. The maximum absolute atomic E-state index is 12.3. The van der Waals surface area contributed by atoms with Crippen LogP contribution in [0, 0.1) is 5.92 Å². The van der Waals surface area contributed by atoms with Crippen LogP contribution in [0.1, 0.15) is 32.1 Å². The molecule has 92 valence electrons. The highest BCUT2D eigenvalue weighted by atomic mass is 79.9. The number of alkyl halides is 1. The third kappa shape index (κ3) is 2.77. The van der Waals surface area contributed by atoms with Gasteiger partial charge in [-0.05, 0) is 32.1 Å². The molecular formula is C12H20BrNO2. The van der Waals surface area contributed by atoms with Crippen molar-refractivity contribution in [3.05, 3.63) is 0 Å². The van der Waals surface area contributed by atoms with Crippen LogP contribution < -0.4 is 0 Å². The molecule has 1 saturated heterocycles. The van der Waals surface area contributed by atoms with Gasteiger partial charge in [-0.15, -0.1) is 0 Å². The van der Waals surface area contributed by atoms with E-state index in [-0.39, 0.29) is 5.92 Å². The Labute approximate surface area is 106 Å². The van der Waals surface area contributed by atoms with Gasteiger partial charge in [0.2, 0.25) is 5.91 Å². The SMILES string of the molecule is O=C(C1CCCOC1)N(CCBr)C1CCC1. The van der Waals surface area contributed by atoms with E-state index >= 15 is 0 Å². The molecule has 3 nitrogen and oxygen atoms in total. The molecule has 0 N–H and O–H groups in total. The lowest BCUT2D eigenvalue weighted by Gasteiger charge is -2.39. The number of hydrogen-bond acceptors (Lipinski definition) is 2. The van der Waals surface area contributed by atoms with Crippen LogP contribution in [0.2, 0.25) is 0 Å². The van der Waals surface area contributed by atoms with Crippen molar-refractivity contribution in [3.8, 4) is 0 Å². The quantitative estimate of drug-likeness (QED) is 0.743. The Morgan fingerprint density at radius 1 is 1.31 bits per heavy atom. The molecule has 0 spiro atoms. The number of amides is 1. The number of carbonyl (C=O) groups excluding carboxylic acids is 1. The first-order valence-corrected chi connectivity index (χ1v) is 7.39. The number of ether oxygens (including phenoxy) is 1. The summed E-state index contributed by atoms with van der Waals surface area (Å²) in [4.78, 5) is 14.4. The van der Waals surface area contributed by atoms with Crippen LogP contribution in [0.4, 0.5) is 0 Å². The van der Waals surface area contributed by atoms with Crippen molar-refractivity contribution in [1.29, 1.82) is 0 Å². The summed E-state index contributed by atoms with van der Waals surface area (Å²) in [5.74, 6) is 0.442. The van der Waals surface area contributed by atoms with Gasteiger partial charge in [-0.1, -0.05) is 15.9 Å². The second-order valence-electron chi connectivity index (χ2n) is 4.72. The Balaban J connectivity index is 1.92. The van der Waals surface area contributed by atoms with Gasteiger partial charge in [-0.25, -0.2) is 0 Å². The Morgan fingerprint density at radius 3 is 2.62 bits per heavy atom. The van der Waals surface area contributed by atoms with Crippen molar-refractivity contribution >= 4 is 21.8 Å². The van der Waals surface area contributed by atoms with Crippen molar-refractivity contribution in [1.82, 2.24) is 4.90 Å². The average Bonchev–Trinajstić information content (AvgIpc) is 2.26. The monoisotopic (exact) mass is 289 g/mol. The zero-order valence-corrected chi connectivity index (χ0v) is 11.2. The second-order valence-corrected chi connectivity index (χ2v) is 5.51. The van der Waals surface area contributed by atoms with Crippen LogP contribution in [0.15, 0.2) is 0 Å². The molecule has 16 heavy (non-hydrogen) atoms. The van der Waals surface area contributed by atoms with E-state index in [2.05, 4.69) is 20.8 Å². The molecule has 0 bridgehead atoms. The van der Waals surface area contributed by atoms with Crippen molar-refractivity contribution in [2.24, 2.45) is 5.92 Å². The van der Waals surface area contributed by atoms with Gasteiger partial charge >= 0.3 is 0 Å². The van der Waals surface area contributed by atoms with E-state index in [1.54, 1.807) is 0 Å². The molecule has 1 amide bonds. The number of halogens is 1. The molecule has 2 fully saturated rings. The maximum Gasteiger partial charge on any atom is 0.228 e. The molecule has 0 aromatic heterocycles. The molecule has 0 aromatic carbocycles. The lowest BCUT2D eigenvalue weighted by atomic mass is 9.89. The average molecular weight is 290 g/mol. The van der Waals surface area contributed by atoms with Gasteiger partial charge in [-0.2, -0.15) is 0 Å². The largest absolute Gasteiger partial charge is 0.381 e. The molecule has 1 saturated carbocycles. The van der Waals surface area contributed by atoms with Crippen molar-refractivity contribution in [3.63, 3.8) is 0 Å². The molecule has 0 aromatic rings. The smallest absolute Gasteiger partial charge is 0.228 e. The molecule has 1 aliphatic carbocycles. The highest BCUT2D eigenvalue weighted by Crippen LogP contribution is 2.27. The summed E-state index contributed by atoms with van der Waals surface area (Å²) in [7, 11) is 0. The van der Waals surface area contributed by atoms with E-state index in [1.165, 1.54) is 19.3 Å². The van der Waals surface area contributed by atoms with Crippen LogP contribution in [-0.2, 0) is 9.53 Å². The van der Waals surface area contributed by atoms with Crippen LogP contribution in [0.3, 0.4) is 0 Å². The van der Waals surface area contributed by atoms with Crippen molar-refractivity contribution in [2.75, 3.05) is 25.1 Å². The fourth-order valence-electron chi connectivity index (χ4n) is 2.43. The van der Waals surface area contributed by atoms with Crippen LogP contribution in [0.5, 0.6) is 0 Å². The number of hydrogen-bond donors (Lipinski definition) is 0. The van der Waals surface area contributed by atoms with Crippen LogP contribution in [0.25, 0.3) is 0 Å². The summed E-state index contributed by atoms with van der Waals surface area (Å²) in [6.07, 6.45) is 5.68. The van der Waals surface area contributed by atoms with E-state index in [0.29, 0.717) is 18.6 Å². The van der Waals surface area contributed by atoms with E-state index in [0.717, 1.165) is 31.3 Å². The highest BCUT2D eigenvalue weighted by molar-refractivity contribution is 9.09. The molecule has 2 rings (SSSR count). The molecule has 1 aliphatic heterocycles. The number of carbonyl (C=O) groups is 1. The number of rotatable bonds is 4. The summed E-state index contributed by atoms with van der Waals surface area (Å²) in [6, 6.07) is 0.506. The summed E-state index contributed by atoms with van der Waals surface area (Å²) < 4.78 is 5.40. The topological polar surface area (TPSA) is 29.5 Å². The van der Waals surface area contributed by atoms with Gasteiger partial charge in [0.15, 0.2) is 0 Å². The minimum atomic E-state index is 0.119. The highest BCUT2D eigenvalue weighted by Gasteiger charge is 2.33. The molecule has 4 heteroatoms. The first-order valence-electron chi connectivity index (χ1n) is 6.27. The summed E-state index contributed by atoms with van der Waals surface area (Å²) in [5, 5.41) is 0.878. The third-order valence-electron chi connectivity index (χ3n) is 3.63. The van der Waals surface area contributed by atoms with Crippen LogP contribution in [-0.4, -0.2) is 41.9 Å². The summed E-state index contributed by atoms with van der Waals surface area (Å²) in [6.45, 7) is 2.30. The molecule has 2 aliphatic rings. The Morgan fingerprint density at radius 2 is 2.12 bits per heavy atom. The van der Waals surface area contributed by atoms with E-state index in [9.17, 15) is 4.79 Å². The number of nitrogens with zero attached hydrogens (tertiary/aromatic N) is 1. The summed E-state index contributed by atoms with van der Waals surface area (Å²) >= 11 is 3.44. The Bertz CT molecular complexity index is 237. The van der Waals surface area contributed by atoms with E-state index in [1.807, 2.05) is 0 Å². The van der Waals surface area contributed by atoms with Crippen LogP contribution >= 0.6 is 15.9 Å². The maximum atomic E-state index is 12.3. The fourth-order valence-corrected chi connectivity index (χ4v) is 2.81. The first kappa shape index (κ1) is 12.4. The first-order chi connectivity index (χ1) is 7.83. The minimum Gasteiger partial charge on any atom is -0.381 e. The van der Waals surface area contributed by atoms with Gasteiger partial charge in [-0.3, -0.25) is 4.79 Å².